The molecule has 0 spiro atoms. The van der Waals surface area contributed by atoms with Crippen molar-refractivity contribution in [1.82, 2.24) is 10.1 Å². The molecule has 1 aliphatic carbocycles. The molecule has 1 aromatic carbocycles. The number of aromatic nitrogens is 2. The van der Waals surface area contributed by atoms with Crippen LogP contribution in [0, 0.1) is 0 Å². The van der Waals surface area contributed by atoms with Crippen molar-refractivity contribution in [2.75, 3.05) is 0 Å². The van der Waals surface area contributed by atoms with Crippen LogP contribution in [0.4, 0.5) is 0 Å². The third-order valence-corrected chi connectivity index (χ3v) is 3.93. The molecule has 1 heterocycles. The van der Waals surface area contributed by atoms with E-state index in [4.69, 9.17) is 16.1 Å². The molecule has 0 radical (unpaired) electrons. The SMILES string of the molecule is CC(Cl)c1nc(C2(c3ccccc3)CCC2)no1. The number of alkyl halides is 1. The molecule has 18 heavy (non-hydrogen) atoms. The van der Waals surface area contributed by atoms with E-state index < -0.39 is 0 Å². The summed E-state index contributed by atoms with van der Waals surface area (Å²) < 4.78 is 5.24. The van der Waals surface area contributed by atoms with Crippen LogP contribution in [0.5, 0.6) is 0 Å². The van der Waals surface area contributed by atoms with Gasteiger partial charge in [0.1, 0.15) is 5.38 Å². The van der Waals surface area contributed by atoms with E-state index in [0.29, 0.717) is 5.89 Å². The van der Waals surface area contributed by atoms with Gasteiger partial charge in [-0.25, -0.2) is 0 Å². The van der Waals surface area contributed by atoms with Gasteiger partial charge < -0.3 is 4.52 Å². The average molecular weight is 263 g/mol. The van der Waals surface area contributed by atoms with Crippen molar-refractivity contribution in [2.24, 2.45) is 0 Å². The molecular formula is C14H15ClN2O. The van der Waals surface area contributed by atoms with E-state index in [1.54, 1.807) is 0 Å². The Kier molecular flexibility index (Phi) is 2.86. The van der Waals surface area contributed by atoms with Gasteiger partial charge in [-0.15, -0.1) is 11.6 Å². The van der Waals surface area contributed by atoms with Crippen molar-refractivity contribution in [1.29, 1.82) is 0 Å². The Bertz CT molecular complexity index is 532. The van der Waals surface area contributed by atoms with Gasteiger partial charge in [0.25, 0.3) is 0 Å². The number of hydrogen-bond donors (Lipinski definition) is 0. The van der Waals surface area contributed by atoms with Crippen molar-refractivity contribution >= 4 is 11.6 Å². The average Bonchev–Trinajstić information content (AvgIpc) is 2.79. The monoisotopic (exact) mass is 262 g/mol. The Balaban J connectivity index is 2.01. The number of hydrogen-bond acceptors (Lipinski definition) is 3. The molecule has 0 saturated heterocycles. The first-order valence-electron chi connectivity index (χ1n) is 6.26. The molecule has 1 aromatic heterocycles. The smallest absolute Gasteiger partial charge is 0.244 e. The predicted octanol–water partition coefficient (Wildman–Crippen LogP) is 3.84. The second kappa shape index (κ2) is 4.39. The summed E-state index contributed by atoms with van der Waals surface area (Å²) in [5.74, 6) is 1.29. The molecule has 0 amide bonds. The molecule has 1 atom stereocenters. The minimum atomic E-state index is -0.237. The number of benzene rings is 1. The Morgan fingerprint density at radius 1 is 1.28 bits per heavy atom. The van der Waals surface area contributed by atoms with Crippen LogP contribution in [-0.2, 0) is 5.41 Å². The predicted molar refractivity (Wildman–Crippen MR) is 69.6 cm³/mol. The lowest BCUT2D eigenvalue weighted by atomic mass is 9.64. The fourth-order valence-electron chi connectivity index (χ4n) is 2.52. The van der Waals surface area contributed by atoms with Crippen molar-refractivity contribution in [3.63, 3.8) is 0 Å². The van der Waals surface area contributed by atoms with E-state index in [2.05, 4.69) is 34.4 Å². The van der Waals surface area contributed by atoms with Gasteiger partial charge in [-0.05, 0) is 25.3 Å². The highest BCUT2D eigenvalue weighted by molar-refractivity contribution is 6.20. The van der Waals surface area contributed by atoms with Crippen LogP contribution in [0.25, 0.3) is 0 Å². The number of rotatable bonds is 3. The van der Waals surface area contributed by atoms with Gasteiger partial charge in [-0.1, -0.05) is 41.9 Å². The Morgan fingerprint density at radius 2 is 2.00 bits per heavy atom. The maximum Gasteiger partial charge on any atom is 0.244 e. The van der Waals surface area contributed by atoms with Gasteiger partial charge in [0.05, 0.1) is 5.41 Å². The van der Waals surface area contributed by atoms with Gasteiger partial charge in [-0.3, -0.25) is 0 Å². The zero-order valence-electron chi connectivity index (χ0n) is 10.3. The lowest BCUT2D eigenvalue weighted by Crippen LogP contribution is -2.36. The van der Waals surface area contributed by atoms with Crippen LogP contribution in [0.1, 0.15) is 48.8 Å². The zero-order valence-corrected chi connectivity index (χ0v) is 11.0. The summed E-state index contributed by atoms with van der Waals surface area (Å²) in [6, 6.07) is 10.4. The van der Waals surface area contributed by atoms with Gasteiger partial charge in [0.2, 0.25) is 5.89 Å². The van der Waals surface area contributed by atoms with E-state index in [9.17, 15) is 0 Å². The summed E-state index contributed by atoms with van der Waals surface area (Å²) in [4.78, 5) is 4.47. The lowest BCUT2D eigenvalue weighted by Gasteiger charge is -2.39. The van der Waals surface area contributed by atoms with E-state index in [0.717, 1.165) is 18.7 Å². The molecule has 4 heteroatoms. The third-order valence-electron chi connectivity index (χ3n) is 3.74. The fraction of sp³-hybridized carbons (Fsp3) is 0.429. The van der Waals surface area contributed by atoms with Crippen LogP contribution in [0.3, 0.4) is 0 Å². The summed E-state index contributed by atoms with van der Waals surface area (Å²) in [5, 5.41) is 3.90. The van der Waals surface area contributed by atoms with Crippen molar-refractivity contribution < 1.29 is 4.52 Å². The third kappa shape index (κ3) is 1.74. The summed E-state index contributed by atoms with van der Waals surface area (Å²) in [5.41, 5.74) is 1.21. The summed E-state index contributed by atoms with van der Waals surface area (Å²) in [6.07, 6.45) is 3.36. The van der Waals surface area contributed by atoms with E-state index >= 15 is 0 Å². The highest BCUT2D eigenvalue weighted by Gasteiger charge is 2.44. The number of halogens is 1. The molecule has 94 valence electrons. The van der Waals surface area contributed by atoms with Gasteiger partial charge in [0, 0.05) is 0 Å². The summed E-state index contributed by atoms with van der Waals surface area (Å²) in [6.45, 7) is 1.84. The largest absolute Gasteiger partial charge is 0.338 e. The van der Waals surface area contributed by atoms with E-state index in [1.807, 2.05) is 13.0 Å². The maximum atomic E-state index is 5.98. The molecule has 1 fully saturated rings. The minimum Gasteiger partial charge on any atom is -0.338 e. The molecule has 3 rings (SSSR count). The Labute approximate surface area is 111 Å². The molecule has 2 aromatic rings. The van der Waals surface area contributed by atoms with E-state index in [-0.39, 0.29) is 10.8 Å². The minimum absolute atomic E-state index is 0.0607. The molecule has 0 N–H and O–H groups in total. The first-order valence-corrected chi connectivity index (χ1v) is 6.70. The van der Waals surface area contributed by atoms with Crippen LogP contribution >= 0.6 is 11.6 Å². The highest BCUT2D eigenvalue weighted by Crippen LogP contribution is 2.47. The molecule has 0 aliphatic heterocycles. The summed E-state index contributed by atoms with van der Waals surface area (Å²) in [7, 11) is 0. The normalized spacial score (nSPS) is 19.2. The first-order chi connectivity index (χ1) is 8.72. The molecule has 1 saturated carbocycles. The Morgan fingerprint density at radius 3 is 2.50 bits per heavy atom. The van der Waals surface area contributed by atoms with Gasteiger partial charge >= 0.3 is 0 Å². The van der Waals surface area contributed by atoms with Crippen molar-refractivity contribution in [3.8, 4) is 0 Å². The molecule has 3 nitrogen and oxygen atoms in total. The molecular weight excluding hydrogens is 248 g/mol. The van der Waals surface area contributed by atoms with Crippen LogP contribution in [0.2, 0.25) is 0 Å². The molecule has 1 aliphatic rings. The van der Waals surface area contributed by atoms with Crippen LogP contribution in [0.15, 0.2) is 34.9 Å². The fourth-order valence-corrected chi connectivity index (χ4v) is 2.61. The summed E-state index contributed by atoms with van der Waals surface area (Å²) >= 11 is 5.98. The second-order valence-electron chi connectivity index (χ2n) is 4.87. The molecule has 0 bridgehead atoms. The first kappa shape index (κ1) is 11.7. The van der Waals surface area contributed by atoms with Crippen LogP contribution in [-0.4, -0.2) is 10.1 Å². The van der Waals surface area contributed by atoms with Gasteiger partial charge in [-0.2, -0.15) is 4.98 Å². The lowest BCUT2D eigenvalue weighted by molar-refractivity contribution is 0.271. The second-order valence-corrected chi connectivity index (χ2v) is 5.53. The van der Waals surface area contributed by atoms with Gasteiger partial charge in [0.15, 0.2) is 5.82 Å². The highest BCUT2D eigenvalue weighted by atomic mass is 35.5. The topological polar surface area (TPSA) is 38.9 Å². The standard InChI is InChI=1S/C14H15ClN2O/c1-10(15)12-16-13(17-18-12)14(8-5-9-14)11-6-3-2-4-7-11/h2-4,6-7,10H,5,8-9H2,1H3. The van der Waals surface area contributed by atoms with Crippen molar-refractivity contribution in [3.05, 3.63) is 47.6 Å². The number of nitrogens with zero attached hydrogens (tertiary/aromatic N) is 2. The van der Waals surface area contributed by atoms with Crippen molar-refractivity contribution in [2.45, 2.75) is 37.0 Å². The zero-order chi connectivity index (χ0) is 12.6. The quantitative estimate of drug-likeness (QED) is 0.789. The van der Waals surface area contributed by atoms with E-state index in [1.165, 1.54) is 12.0 Å². The maximum absolute atomic E-state index is 5.98. The Hall–Kier alpha value is -1.35. The van der Waals surface area contributed by atoms with Crippen LogP contribution < -0.4 is 0 Å². The molecule has 1 unspecified atom stereocenters.